The van der Waals surface area contributed by atoms with Gasteiger partial charge in [-0.15, -0.1) is 0 Å². The molecule has 20 heavy (non-hydrogen) atoms. The van der Waals surface area contributed by atoms with Crippen molar-refractivity contribution in [1.29, 1.82) is 5.26 Å². The van der Waals surface area contributed by atoms with Gasteiger partial charge in [0.1, 0.15) is 12.6 Å². The lowest BCUT2D eigenvalue weighted by atomic mass is 10.1. The van der Waals surface area contributed by atoms with Gasteiger partial charge in [-0.1, -0.05) is 6.07 Å². The van der Waals surface area contributed by atoms with Gasteiger partial charge < -0.3 is 15.7 Å². The molecule has 1 fully saturated rings. The summed E-state index contributed by atoms with van der Waals surface area (Å²) in [5.74, 6) is -0.235. The molecule has 0 unspecified atom stereocenters. The van der Waals surface area contributed by atoms with Gasteiger partial charge >= 0.3 is 6.09 Å². The van der Waals surface area contributed by atoms with E-state index in [0.29, 0.717) is 30.9 Å². The normalized spacial score (nSPS) is 15.1. The van der Waals surface area contributed by atoms with Gasteiger partial charge in [0, 0.05) is 25.3 Å². The van der Waals surface area contributed by atoms with Crippen LogP contribution < -0.4 is 5.73 Å². The summed E-state index contributed by atoms with van der Waals surface area (Å²) in [4.78, 5) is 25.3. The Hall–Kier alpha value is -2.75. The van der Waals surface area contributed by atoms with Gasteiger partial charge in [-0.2, -0.15) is 5.26 Å². The fourth-order valence-corrected chi connectivity index (χ4v) is 2.07. The maximum Gasteiger partial charge on any atom is 0.407 e. The number of piperazine rings is 1. The van der Waals surface area contributed by atoms with Crippen LogP contribution in [-0.2, 0) is 11.3 Å². The number of nitriles is 1. The molecular formula is C13H14N4O3. The second kappa shape index (κ2) is 5.48. The lowest BCUT2D eigenvalue weighted by Gasteiger charge is -2.32. The number of nitrogen functional groups attached to an aromatic ring is 1. The molecule has 2 rings (SSSR count). The summed E-state index contributed by atoms with van der Waals surface area (Å²) in [5, 5.41) is 17.6. The van der Waals surface area contributed by atoms with E-state index in [1.807, 2.05) is 6.07 Å². The molecule has 1 aliphatic heterocycles. The van der Waals surface area contributed by atoms with E-state index in [-0.39, 0.29) is 12.5 Å². The number of amides is 2. The molecule has 7 nitrogen and oxygen atoms in total. The quantitative estimate of drug-likeness (QED) is 0.761. The molecule has 0 spiro atoms. The predicted octanol–water partition coefficient (Wildman–Crippen LogP) is 0.463. The van der Waals surface area contributed by atoms with Gasteiger partial charge in [0.15, 0.2) is 0 Å². The smallest absolute Gasteiger partial charge is 0.407 e. The van der Waals surface area contributed by atoms with Crippen molar-refractivity contribution in [2.24, 2.45) is 0 Å². The van der Waals surface area contributed by atoms with Crippen molar-refractivity contribution in [3.05, 3.63) is 29.3 Å². The van der Waals surface area contributed by atoms with E-state index in [2.05, 4.69) is 0 Å². The highest BCUT2D eigenvalue weighted by atomic mass is 16.4. The number of hydrogen-bond donors (Lipinski definition) is 2. The lowest BCUT2D eigenvalue weighted by Crippen LogP contribution is -2.51. The van der Waals surface area contributed by atoms with E-state index >= 15 is 0 Å². The van der Waals surface area contributed by atoms with Crippen LogP contribution in [0.15, 0.2) is 18.2 Å². The van der Waals surface area contributed by atoms with Crippen molar-refractivity contribution in [2.45, 2.75) is 6.54 Å². The maximum atomic E-state index is 11.9. The van der Waals surface area contributed by atoms with E-state index in [1.165, 1.54) is 0 Å². The number of nitrogens with two attached hydrogens (primary N) is 1. The fraction of sp³-hybridized carbons (Fsp3) is 0.308. The van der Waals surface area contributed by atoms with Crippen LogP contribution in [0.5, 0.6) is 0 Å². The number of carbonyl (C=O) groups excluding carboxylic acids is 1. The van der Waals surface area contributed by atoms with Crippen LogP contribution in [0.4, 0.5) is 10.5 Å². The minimum Gasteiger partial charge on any atom is -0.465 e. The second-order valence-corrected chi connectivity index (χ2v) is 4.55. The number of rotatable bonds is 2. The topological polar surface area (TPSA) is 111 Å². The summed E-state index contributed by atoms with van der Waals surface area (Å²) < 4.78 is 0. The molecular weight excluding hydrogens is 260 g/mol. The molecule has 0 saturated carbocycles. The molecule has 104 valence electrons. The standard InChI is InChI=1S/C13H14N4O3/c14-6-10-2-1-9(5-11(10)15)7-16-3-4-17(13(19)20)8-12(16)18/h1-2,5H,3-4,7-8,15H2,(H,19,20). The highest BCUT2D eigenvalue weighted by Crippen LogP contribution is 2.16. The number of nitrogens with zero attached hydrogens (tertiary/aromatic N) is 3. The van der Waals surface area contributed by atoms with Crippen LogP contribution in [-0.4, -0.2) is 46.5 Å². The molecule has 1 aromatic rings. The highest BCUT2D eigenvalue weighted by molar-refractivity contribution is 5.83. The minimum atomic E-state index is -1.08. The Morgan fingerprint density at radius 1 is 1.45 bits per heavy atom. The van der Waals surface area contributed by atoms with Gasteiger partial charge in [0.05, 0.1) is 5.56 Å². The highest BCUT2D eigenvalue weighted by Gasteiger charge is 2.26. The van der Waals surface area contributed by atoms with Crippen molar-refractivity contribution < 1.29 is 14.7 Å². The molecule has 3 N–H and O–H groups in total. The number of anilines is 1. The number of benzene rings is 1. The minimum absolute atomic E-state index is 0.124. The van der Waals surface area contributed by atoms with Gasteiger partial charge in [0.25, 0.3) is 0 Å². The van der Waals surface area contributed by atoms with E-state index in [1.54, 1.807) is 23.1 Å². The first-order valence-corrected chi connectivity index (χ1v) is 6.05. The van der Waals surface area contributed by atoms with Crippen LogP contribution >= 0.6 is 0 Å². The molecule has 0 bridgehead atoms. The first-order valence-electron chi connectivity index (χ1n) is 6.05. The van der Waals surface area contributed by atoms with Crippen LogP contribution in [0.3, 0.4) is 0 Å². The summed E-state index contributed by atoms with van der Waals surface area (Å²) in [7, 11) is 0. The van der Waals surface area contributed by atoms with Crippen LogP contribution in [0, 0.1) is 11.3 Å². The zero-order valence-electron chi connectivity index (χ0n) is 10.7. The third-order valence-electron chi connectivity index (χ3n) is 3.20. The van der Waals surface area contributed by atoms with Crippen LogP contribution in [0.2, 0.25) is 0 Å². The van der Waals surface area contributed by atoms with Gasteiger partial charge in [0.2, 0.25) is 5.91 Å². The molecule has 1 saturated heterocycles. The summed E-state index contributed by atoms with van der Waals surface area (Å²) >= 11 is 0. The van der Waals surface area contributed by atoms with E-state index in [4.69, 9.17) is 16.1 Å². The van der Waals surface area contributed by atoms with Gasteiger partial charge in [-0.05, 0) is 17.7 Å². The Morgan fingerprint density at radius 2 is 2.20 bits per heavy atom. The van der Waals surface area contributed by atoms with Crippen LogP contribution in [0.25, 0.3) is 0 Å². The summed E-state index contributed by atoms with van der Waals surface area (Å²) in [5.41, 5.74) is 7.32. The summed E-state index contributed by atoms with van der Waals surface area (Å²) in [6.45, 7) is 0.890. The average Bonchev–Trinajstić information content (AvgIpc) is 2.41. The zero-order valence-corrected chi connectivity index (χ0v) is 10.7. The maximum absolute atomic E-state index is 11.9. The molecule has 0 radical (unpaired) electrons. The Morgan fingerprint density at radius 3 is 2.75 bits per heavy atom. The average molecular weight is 274 g/mol. The monoisotopic (exact) mass is 274 g/mol. The third kappa shape index (κ3) is 2.80. The molecule has 1 heterocycles. The van der Waals surface area contributed by atoms with Crippen molar-refractivity contribution in [1.82, 2.24) is 9.80 Å². The number of hydrogen-bond acceptors (Lipinski definition) is 4. The largest absolute Gasteiger partial charge is 0.465 e. The van der Waals surface area contributed by atoms with Crippen molar-refractivity contribution in [3.8, 4) is 6.07 Å². The molecule has 0 aliphatic carbocycles. The molecule has 1 aromatic carbocycles. The molecule has 0 aromatic heterocycles. The Bertz CT molecular complexity index is 594. The van der Waals surface area contributed by atoms with E-state index in [9.17, 15) is 9.59 Å². The lowest BCUT2D eigenvalue weighted by molar-refractivity contribution is -0.135. The summed E-state index contributed by atoms with van der Waals surface area (Å²) in [6.07, 6.45) is -1.08. The predicted molar refractivity (Wildman–Crippen MR) is 70.6 cm³/mol. The Kier molecular flexibility index (Phi) is 3.75. The van der Waals surface area contributed by atoms with Crippen molar-refractivity contribution in [3.63, 3.8) is 0 Å². The van der Waals surface area contributed by atoms with Crippen LogP contribution in [0.1, 0.15) is 11.1 Å². The third-order valence-corrected chi connectivity index (χ3v) is 3.20. The van der Waals surface area contributed by atoms with E-state index < -0.39 is 6.09 Å². The Balaban J connectivity index is 2.04. The molecule has 0 atom stereocenters. The molecule has 7 heteroatoms. The number of carboxylic acid groups (broad SMARTS) is 1. The van der Waals surface area contributed by atoms with E-state index in [0.717, 1.165) is 10.5 Å². The summed E-state index contributed by atoms with van der Waals surface area (Å²) in [6, 6.07) is 6.99. The SMILES string of the molecule is N#Cc1ccc(CN2CCN(C(=O)O)CC2=O)cc1N. The second-order valence-electron chi connectivity index (χ2n) is 4.55. The van der Waals surface area contributed by atoms with Gasteiger partial charge in [-0.25, -0.2) is 4.79 Å². The molecule has 1 aliphatic rings. The zero-order chi connectivity index (χ0) is 14.7. The van der Waals surface area contributed by atoms with Crippen molar-refractivity contribution in [2.75, 3.05) is 25.4 Å². The van der Waals surface area contributed by atoms with Crippen molar-refractivity contribution >= 4 is 17.7 Å². The first kappa shape index (κ1) is 13.7. The Labute approximate surface area is 115 Å². The molecule has 2 amide bonds. The number of carbonyl (C=O) groups is 2. The first-order chi connectivity index (χ1) is 9.51. The fourth-order valence-electron chi connectivity index (χ4n) is 2.07. The van der Waals surface area contributed by atoms with Gasteiger partial charge in [-0.3, -0.25) is 9.69 Å².